The van der Waals surface area contributed by atoms with Crippen molar-refractivity contribution < 1.29 is 9.53 Å². The van der Waals surface area contributed by atoms with E-state index in [0.29, 0.717) is 17.9 Å². The first kappa shape index (κ1) is 16.0. The van der Waals surface area contributed by atoms with Crippen molar-refractivity contribution in [3.05, 3.63) is 39.9 Å². The third-order valence-electron chi connectivity index (χ3n) is 3.70. The lowest BCUT2D eigenvalue weighted by Gasteiger charge is -2.12. The number of rotatable bonds is 7. The largest absolute Gasteiger partial charge is 0.493 e. The number of aldehydes is 1. The molecule has 0 bridgehead atoms. The van der Waals surface area contributed by atoms with Gasteiger partial charge in [-0.1, -0.05) is 38.3 Å². The monoisotopic (exact) mass is 348 g/mol. The number of halogens is 1. The molecule has 0 aliphatic heterocycles. The molecule has 0 aliphatic carbocycles. The van der Waals surface area contributed by atoms with Gasteiger partial charge in [-0.05, 0) is 57.7 Å². The molecule has 2 aromatic rings. The van der Waals surface area contributed by atoms with Crippen molar-refractivity contribution in [2.24, 2.45) is 0 Å². The Morgan fingerprint density at radius 2 is 1.86 bits per heavy atom. The number of hydrogen-bond donors (Lipinski definition) is 0. The third kappa shape index (κ3) is 3.65. The summed E-state index contributed by atoms with van der Waals surface area (Å²) in [7, 11) is 0. The third-order valence-corrected chi connectivity index (χ3v) is 4.76. The predicted molar refractivity (Wildman–Crippen MR) is 91.4 cm³/mol. The molecule has 0 N–H and O–H groups in total. The van der Waals surface area contributed by atoms with Crippen LogP contribution in [0.5, 0.6) is 5.75 Å². The van der Waals surface area contributed by atoms with E-state index in [-0.39, 0.29) is 0 Å². The second kappa shape index (κ2) is 7.60. The van der Waals surface area contributed by atoms with E-state index in [1.807, 2.05) is 31.2 Å². The maximum atomic E-state index is 11.5. The molecule has 0 radical (unpaired) electrons. The lowest BCUT2D eigenvalue weighted by Crippen LogP contribution is -2.01. The van der Waals surface area contributed by atoms with Gasteiger partial charge in [0.1, 0.15) is 5.75 Å². The van der Waals surface area contributed by atoms with Crippen LogP contribution >= 0.6 is 15.9 Å². The quantitative estimate of drug-likeness (QED) is 0.475. The molecule has 0 amide bonds. The van der Waals surface area contributed by atoms with Gasteiger partial charge in [0.25, 0.3) is 0 Å². The van der Waals surface area contributed by atoms with Gasteiger partial charge in [-0.2, -0.15) is 0 Å². The Morgan fingerprint density at radius 3 is 2.57 bits per heavy atom. The fourth-order valence-electron chi connectivity index (χ4n) is 2.44. The van der Waals surface area contributed by atoms with Gasteiger partial charge in [0.15, 0.2) is 6.29 Å². The highest BCUT2D eigenvalue weighted by atomic mass is 79.9. The predicted octanol–water partition coefficient (Wildman–Crippen LogP) is 5.68. The average Bonchev–Trinajstić information content (AvgIpc) is 2.50. The van der Waals surface area contributed by atoms with Crippen molar-refractivity contribution in [1.29, 1.82) is 0 Å². The number of hydrogen-bond acceptors (Lipinski definition) is 2. The second-order valence-electron chi connectivity index (χ2n) is 5.30. The molecule has 0 spiro atoms. The Labute approximate surface area is 134 Å². The Morgan fingerprint density at radius 1 is 1.10 bits per heavy atom. The zero-order valence-corrected chi connectivity index (χ0v) is 14.2. The Balaban J connectivity index is 2.25. The first-order chi connectivity index (χ1) is 10.2. The molecule has 2 aromatic carbocycles. The van der Waals surface area contributed by atoms with Gasteiger partial charge in [0, 0.05) is 4.47 Å². The summed E-state index contributed by atoms with van der Waals surface area (Å²) in [4.78, 5) is 11.5. The van der Waals surface area contributed by atoms with Crippen molar-refractivity contribution in [3.63, 3.8) is 0 Å². The van der Waals surface area contributed by atoms with Crippen LogP contribution in [0.2, 0.25) is 0 Å². The SMILES string of the molecule is CCCCCCOc1ccc2c(Br)c(C)ccc2c1C=O. The van der Waals surface area contributed by atoms with Crippen LogP contribution in [0.4, 0.5) is 0 Å². The molecule has 0 heterocycles. The Hall–Kier alpha value is -1.35. The molecule has 112 valence electrons. The highest BCUT2D eigenvalue weighted by Gasteiger charge is 2.11. The van der Waals surface area contributed by atoms with Gasteiger partial charge < -0.3 is 4.74 Å². The number of carbonyl (C=O) groups excluding carboxylic acids is 1. The van der Waals surface area contributed by atoms with Gasteiger partial charge in [-0.15, -0.1) is 0 Å². The summed E-state index contributed by atoms with van der Waals surface area (Å²) in [5, 5.41) is 1.99. The molecule has 0 aliphatic rings. The van der Waals surface area contributed by atoms with E-state index in [9.17, 15) is 4.79 Å². The molecule has 0 aromatic heterocycles. The molecular formula is C18H21BrO2. The van der Waals surface area contributed by atoms with Crippen LogP contribution in [0.25, 0.3) is 10.8 Å². The summed E-state index contributed by atoms with van der Waals surface area (Å²) < 4.78 is 6.85. The average molecular weight is 349 g/mol. The number of benzene rings is 2. The minimum atomic E-state index is 0.642. The standard InChI is InChI=1S/C18H21BrO2/c1-3-4-5-6-11-21-17-10-9-15-14(16(17)12-20)8-7-13(2)18(15)19/h7-10,12H,3-6,11H2,1-2H3. The van der Waals surface area contributed by atoms with E-state index >= 15 is 0 Å². The van der Waals surface area contributed by atoms with Crippen LogP contribution in [-0.4, -0.2) is 12.9 Å². The van der Waals surface area contributed by atoms with Gasteiger partial charge in [-0.3, -0.25) is 4.79 Å². The fraction of sp³-hybridized carbons (Fsp3) is 0.389. The van der Waals surface area contributed by atoms with E-state index in [0.717, 1.165) is 33.5 Å². The molecule has 2 nitrogen and oxygen atoms in total. The van der Waals surface area contributed by atoms with E-state index in [2.05, 4.69) is 22.9 Å². The van der Waals surface area contributed by atoms with Crippen LogP contribution in [-0.2, 0) is 0 Å². The van der Waals surface area contributed by atoms with Gasteiger partial charge in [0.05, 0.1) is 12.2 Å². The summed E-state index contributed by atoms with van der Waals surface area (Å²) in [5.74, 6) is 0.685. The minimum absolute atomic E-state index is 0.642. The van der Waals surface area contributed by atoms with Crippen molar-refractivity contribution in [3.8, 4) is 5.75 Å². The number of unbranched alkanes of at least 4 members (excludes halogenated alkanes) is 3. The molecular weight excluding hydrogens is 328 g/mol. The van der Waals surface area contributed by atoms with Gasteiger partial charge in [-0.25, -0.2) is 0 Å². The number of aryl methyl sites for hydroxylation is 1. The maximum Gasteiger partial charge on any atom is 0.154 e. The zero-order valence-electron chi connectivity index (χ0n) is 12.6. The number of carbonyl (C=O) groups is 1. The summed E-state index contributed by atoms with van der Waals surface area (Å²) in [5.41, 5.74) is 1.80. The van der Waals surface area contributed by atoms with Crippen molar-refractivity contribution in [2.45, 2.75) is 39.5 Å². The lowest BCUT2D eigenvalue weighted by molar-refractivity contribution is 0.112. The number of fused-ring (bicyclic) bond motifs is 1. The van der Waals surface area contributed by atoms with Crippen LogP contribution in [0.1, 0.15) is 48.5 Å². The summed E-state index contributed by atoms with van der Waals surface area (Å²) in [6, 6.07) is 7.92. The summed E-state index contributed by atoms with van der Waals surface area (Å²) in [6.45, 7) is 4.90. The van der Waals surface area contributed by atoms with Crippen molar-refractivity contribution in [1.82, 2.24) is 0 Å². The van der Waals surface area contributed by atoms with Gasteiger partial charge in [0.2, 0.25) is 0 Å². The first-order valence-corrected chi connectivity index (χ1v) is 8.28. The summed E-state index contributed by atoms with van der Waals surface area (Å²) >= 11 is 3.59. The maximum absolute atomic E-state index is 11.5. The van der Waals surface area contributed by atoms with E-state index in [1.54, 1.807) is 0 Å². The number of ether oxygens (including phenoxy) is 1. The normalized spacial score (nSPS) is 10.8. The molecule has 0 unspecified atom stereocenters. The van der Waals surface area contributed by atoms with Gasteiger partial charge >= 0.3 is 0 Å². The molecule has 0 atom stereocenters. The lowest BCUT2D eigenvalue weighted by atomic mass is 10.0. The topological polar surface area (TPSA) is 26.3 Å². The molecule has 2 rings (SSSR count). The highest BCUT2D eigenvalue weighted by molar-refractivity contribution is 9.10. The fourth-order valence-corrected chi connectivity index (χ4v) is 2.92. The Bertz CT molecular complexity index is 635. The Kier molecular flexibility index (Phi) is 5.80. The van der Waals surface area contributed by atoms with Crippen LogP contribution in [0.3, 0.4) is 0 Å². The van der Waals surface area contributed by atoms with Crippen LogP contribution in [0, 0.1) is 6.92 Å². The molecule has 0 saturated heterocycles. The zero-order chi connectivity index (χ0) is 15.2. The van der Waals surface area contributed by atoms with E-state index < -0.39 is 0 Å². The molecule has 0 saturated carbocycles. The molecule has 0 fully saturated rings. The molecule has 3 heteroatoms. The second-order valence-corrected chi connectivity index (χ2v) is 6.09. The van der Waals surface area contributed by atoms with Crippen molar-refractivity contribution in [2.75, 3.05) is 6.61 Å². The first-order valence-electron chi connectivity index (χ1n) is 7.48. The highest BCUT2D eigenvalue weighted by Crippen LogP contribution is 2.33. The molecule has 21 heavy (non-hydrogen) atoms. The van der Waals surface area contributed by atoms with E-state index in [4.69, 9.17) is 4.74 Å². The van der Waals surface area contributed by atoms with Crippen LogP contribution < -0.4 is 4.74 Å². The summed E-state index contributed by atoms with van der Waals surface area (Å²) in [6.07, 6.45) is 5.54. The minimum Gasteiger partial charge on any atom is -0.493 e. The van der Waals surface area contributed by atoms with E-state index in [1.165, 1.54) is 19.3 Å². The smallest absolute Gasteiger partial charge is 0.154 e. The van der Waals surface area contributed by atoms with Crippen molar-refractivity contribution >= 4 is 33.0 Å². The van der Waals surface area contributed by atoms with Crippen LogP contribution in [0.15, 0.2) is 28.7 Å².